The van der Waals surface area contributed by atoms with E-state index in [1.807, 2.05) is 18.2 Å². The van der Waals surface area contributed by atoms with E-state index in [-0.39, 0.29) is 6.10 Å². The van der Waals surface area contributed by atoms with Gasteiger partial charge in [0.2, 0.25) is 0 Å². The number of ether oxygens (including phenoxy) is 1. The molecule has 13 heavy (non-hydrogen) atoms. The van der Waals surface area contributed by atoms with Gasteiger partial charge in [-0.1, -0.05) is 50.1 Å². The molecule has 70 valence electrons. The molecule has 2 rings (SSSR count). The Hall–Kier alpha value is -0.0200. The molecular weight excluding hydrogens is 296 g/mol. The molecule has 1 heterocycles. The van der Waals surface area contributed by atoms with Gasteiger partial charge in [-0.3, -0.25) is 0 Å². The number of fused-ring (bicyclic) bond motifs is 1. The van der Waals surface area contributed by atoms with Crippen LogP contribution in [-0.2, 0) is 0 Å². The summed E-state index contributed by atoms with van der Waals surface area (Å²) in [6.45, 7) is 2.07. The third-order valence-corrected chi connectivity index (χ3v) is 5.30. The zero-order valence-electron chi connectivity index (χ0n) is 7.21. The van der Waals surface area contributed by atoms with Crippen LogP contribution < -0.4 is 4.74 Å². The first-order chi connectivity index (χ1) is 6.20. The highest BCUT2D eigenvalue weighted by molar-refractivity contribution is 9.12. The van der Waals surface area contributed by atoms with Crippen molar-refractivity contribution in [3.8, 4) is 5.75 Å². The van der Waals surface area contributed by atoms with Gasteiger partial charge in [-0.2, -0.15) is 0 Å². The number of alkyl halides is 2. The van der Waals surface area contributed by atoms with E-state index in [2.05, 4.69) is 44.8 Å². The standard InChI is InChI=1S/C10H10Br2O/c1-6-9(11)10(12)7-4-2-3-5-8(7)13-6/h2-6,9-10H,1H3. The quantitative estimate of drug-likeness (QED) is 0.665. The predicted molar refractivity (Wildman–Crippen MR) is 60.9 cm³/mol. The molecule has 1 aliphatic heterocycles. The first-order valence-electron chi connectivity index (χ1n) is 4.24. The molecule has 0 bridgehead atoms. The van der Waals surface area contributed by atoms with Crippen LogP contribution in [0.2, 0.25) is 0 Å². The minimum Gasteiger partial charge on any atom is -0.489 e. The highest BCUT2D eigenvalue weighted by Crippen LogP contribution is 2.43. The van der Waals surface area contributed by atoms with Gasteiger partial charge in [0.05, 0.1) is 9.65 Å². The summed E-state index contributed by atoms with van der Waals surface area (Å²) >= 11 is 7.28. The Morgan fingerprint density at radius 1 is 1.23 bits per heavy atom. The van der Waals surface area contributed by atoms with E-state index in [0.717, 1.165) is 5.75 Å². The van der Waals surface area contributed by atoms with Gasteiger partial charge in [0.15, 0.2) is 0 Å². The maximum atomic E-state index is 5.74. The first-order valence-corrected chi connectivity index (χ1v) is 6.07. The van der Waals surface area contributed by atoms with Crippen molar-refractivity contribution in [3.05, 3.63) is 29.8 Å². The van der Waals surface area contributed by atoms with E-state index in [9.17, 15) is 0 Å². The lowest BCUT2D eigenvalue weighted by Crippen LogP contribution is -2.31. The van der Waals surface area contributed by atoms with Gasteiger partial charge in [-0.25, -0.2) is 0 Å². The van der Waals surface area contributed by atoms with E-state index >= 15 is 0 Å². The highest BCUT2D eigenvalue weighted by Gasteiger charge is 2.31. The lowest BCUT2D eigenvalue weighted by molar-refractivity contribution is 0.200. The predicted octanol–water partition coefficient (Wildman–Crippen LogP) is 3.67. The second-order valence-corrected chi connectivity index (χ2v) is 5.25. The van der Waals surface area contributed by atoms with Crippen molar-refractivity contribution in [2.45, 2.75) is 22.7 Å². The zero-order chi connectivity index (χ0) is 9.42. The van der Waals surface area contributed by atoms with Crippen molar-refractivity contribution in [2.75, 3.05) is 0 Å². The van der Waals surface area contributed by atoms with E-state index in [0.29, 0.717) is 9.65 Å². The Balaban J connectivity index is 2.43. The van der Waals surface area contributed by atoms with Crippen LogP contribution in [0.3, 0.4) is 0 Å². The van der Waals surface area contributed by atoms with Crippen molar-refractivity contribution >= 4 is 31.9 Å². The summed E-state index contributed by atoms with van der Waals surface area (Å²) in [5, 5.41) is 0. The second kappa shape index (κ2) is 3.62. The molecule has 1 aromatic carbocycles. The Bertz CT molecular complexity index is 314. The average Bonchev–Trinajstić information content (AvgIpc) is 2.15. The maximum absolute atomic E-state index is 5.74. The molecule has 1 aromatic rings. The second-order valence-electron chi connectivity index (χ2n) is 3.21. The van der Waals surface area contributed by atoms with Crippen molar-refractivity contribution in [2.24, 2.45) is 0 Å². The van der Waals surface area contributed by atoms with Gasteiger partial charge < -0.3 is 4.74 Å². The molecule has 3 unspecified atom stereocenters. The lowest BCUT2D eigenvalue weighted by Gasteiger charge is -2.31. The molecule has 3 heteroatoms. The number of para-hydroxylation sites is 1. The van der Waals surface area contributed by atoms with Crippen molar-refractivity contribution in [3.63, 3.8) is 0 Å². The number of hydrogen-bond acceptors (Lipinski definition) is 1. The molecule has 0 aromatic heterocycles. The van der Waals surface area contributed by atoms with Crippen molar-refractivity contribution in [1.29, 1.82) is 0 Å². The molecule has 3 atom stereocenters. The van der Waals surface area contributed by atoms with Gasteiger partial charge >= 0.3 is 0 Å². The van der Waals surface area contributed by atoms with Crippen LogP contribution in [0.1, 0.15) is 17.3 Å². The summed E-state index contributed by atoms with van der Waals surface area (Å²) in [6.07, 6.45) is 0.208. The molecular formula is C10H10Br2O. The molecule has 1 aliphatic rings. The monoisotopic (exact) mass is 304 g/mol. The fourth-order valence-electron chi connectivity index (χ4n) is 1.49. The Morgan fingerprint density at radius 2 is 1.92 bits per heavy atom. The Labute approximate surface area is 94.7 Å². The normalized spacial score (nSPS) is 32.1. The summed E-state index contributed by atoms with van der Waals surface area (Å²) in [6, 6.07) is 8.14. The summed E-state index contributed by atoms with van der Waals surface area (Å²) in [5.74, 6) is 0.993. The van der Waals surface area contributed by atoms with Crippen LogP contribution in [0.5, 0.6) is 5.75 Å². The SMILES string of the molecule is CC1Oc2ccccc2C(Br)C1Br. The molecule has 0 radical (unpaired) electrons. The fourth-order valence-corrected chi connectivity index (χ4v) is 2.69. The lowest BCUT2D eigenvalue weighted by atomic mass is 10.0. The van der Waals surface area contributed by atoms with Gasteiger partial charge in [0.1, 0.15) is 11.9 Å². The summed E-state index contributed by atoms with van der Waals surface area (Å²) < 4.78 is 5.74. The smallest absolute Gasteiger partial charge is 0.124 e. The topological polar surface area (TPSA) is 9.23 Å². The number of rotatable bonds is 0. The Kier molecular flexibility index (Phi) is 2.65. The third kappa shape index (κ3) is 1.64. The molecule has 0 amide bonds. The largest absolute Gasteiger partial charge is 0.489 e. The van der Waals surface area contributed by atoms with Crippen LogP contribution in [0.15, 0.2) is 24.3 Å². The molecule has 0 saturated carbocycles. The number of hydrogen-bond donors (Lipinski definition) is 0. The number of halogens is 2. The van der Waals surface area contributed by atoms with Crippen LogP contribution in [-0.4, -0.2) is 10.9 Å². The van der Waals surface area contributed by atoms with E-state index in [1.54, 1.807) is 0 Å². The average molecular weight is 306 g/mol. The zero-order valence-corrected chi connectivity index (χ0v) is 10.4. The van der Waals surface area contributed by atoms with Gasteiger partial charge in [0, 0.05) is 5.56 Å². The summed E-state index contributed by atoms with van der Waals surface area (Å²) in [4.78, 5) is 0.676. The number of benzene rings is 1. The van der Waals surface area contributed by atoms with Crippen LogP contribution in [0.4, 0.5) is 0 Å². The Morgan fingerprint density at radius 3 is 2.69 bits per heavy atom. The van der Waals surface area contributed by atoms with Gasteiger partial charge in [-0.05, 0) is 13.0 Å². The maximum Gasteiger partial charge on any atom is 0.124 e. The summed E-state index contributed by atoms with van der Waals surface area (Å²) in [5.41, 5.74) is 1.22. The summed E-state index contributed by atoms with van der Waals surface area (Å²) in [7, 11) is 0. The van der Waals surface area contributed by atoms with E-state index in [1.165, 1.54) is 5.56 Å². The van der Waals surface area contributed by atoms with Gasteiger partial charge in [0.25, 0.3) is 0 Å². The molecule has 0 fully saturated rings. The molecule has 1 nitrogen and oxygen atoms in total. The minimum absolute atomic E-state index is 0.208. The minimum atomic E-state index is 0.208. The fraction of sp³-hybridized carbons (Fsp3) is 0.400. The van der Waals surface area contributed by atoms with Crippen LogP contribution >= 0.6 is 31.9 Å². The van der Waals surface area contributed by atoms with Crippen molar-refractivity contribution in [1.82, 2.24) is 0 Å². The van der Waals surface area contributed by atoms with Crippen LogP contribution in [0.25, 0.3) is 0 Å². The molecule has 0 spiro atoms. The van der Waals surface area contributed by atoms with Crippen LogP contribution in [0, 0.1) is 0 Å². The molecule has 0 N–H and O–H groups in total. The molecule has 0 saturated heterocycles. The van der Waals surface area contributed by atoms with Gasteiger partial charge in [-0.15, -0.1) is 0 Å². The van der Waals surface area contributed by atoms with Crippen molar-refractivity contribution < 1.29 is 4.74 Å². The molecule has 0 aliphatic carbocycles. The van der Waals surface area contributed by atoms with E-state index in [4.69, 9.17) is 4.74 Å². The first kappa shape index (κ1) is 9.53. The van der Waals surface area contributed by atoms with E-state index < -0.39 is 0 Å². The third-order valence-electron chi connectivity index (χ3n) is 2.26. The highest BCUT2D eigenvalue weighted by atomic mass is 79.9.